The van der Waals surface area contributed by atoms with Crippen molar-refractivity contribution < 1.29 is 18.3 Å². The lowest BCUT2D eigenvalue weighted by Crippen LogP contribution is -2.22. The molecule has 4 rings (SSSR count). The van der Waals surface area contributed by atoms with Crippen LogP contribution in [0.15, 0.2) is 89.8 Å². The molecule has 6 heteroatoms. The highest BCUT2D eigenvalue weighted by molar-refractivity contribution is 5.46. The zero-order chi connectivity index (χ0) is 22.2. The predicted octanol–water partition coefficient (Wildman–Crippen LogP) is 5.60. The smallest absolute Gasteiger partial charge is 0.166 e. The van der Waals surface area contributed by atoms with Crippen molar-refractivity contribution in [2.45, 2.75) is 26.2 Å². The van der Waals surface area contributed by atoms with Gasteiger partial charge in [0.25, 0.3) is 0 Å². The number of benzene rings is 2. The lowest BCUT2D eigenvalue weighted by atomic mass is 10.1. The Morgan fingerprint density at radius 2 is 1.81 bits per heavy atom. The maximum atomic E-state index is 13.6. The molecule has 0 N–H and O–H groups in total. The molecule has 2 aromatic heterocycles. The molecule has 0 aliphatic rings. The largest absolute Gasteiger partial charge is 0.493 e. The molecule has 0 aliphatic heterocycles. The number of nitrogens with zero attached hydrogens (tertiary/aromatic N) is 2. The number of para-hydroxylation sites is 1. The first-order valence-corrected chi connectivity index (χ1v) is 10.4. The van der Waals surface area contributed by atoms with E-state index in [1.54, 1.807) is 25.6 Å². The van der Waals surface area contributed by atoms with E-state index in [1.807, 2.05) is 48.7 Å². The summed E-state index contributed by atoms with van der Waals surface area (Å²) in [7, 11) is 1.62. The summed E-state index contributed by atoms with van der Waals surface area (Å²) in [5.74, 6) is 1.87. The third kappa shape index (κ3) is 5.74. The molecule has 32 heavy (non-hydrogen) atoms. The molecule has 0 saturated carbocycles. The molecular formula is C26H25FN2O3. The van der Waals surface area contributed by atoms with Crippen LogP contribution in [0.25, 0.3) is 0 Å². The monoisotopic (exact) mass is 432 g/mol. The van der Waals surface area contributed by atoms with Gasteiger partial charge in [-0.2, -0.15) is 0 Å². The second-order valence-electron chi connectivity index (χ2n) is 7.45. The summed E-state index contributed by atoms with van der Waals surface area (Å²) in [4.78, 5) is 6.48. The fraction of sp³-hybridized carbons (Fsp3) is 0.192. The van der Waals surface area contributed by atoms with Crippen molar-refractivity contribution in [3.05, 3.63) is 114 Å². The summed E-state index contributed by atoms with van der Waals surface area (Å²) in [5.41, 5.74) is 2.82. The van der Waals surface area contributed by atoms with Crippen molar-refractivity contribution in [1.29, 1.82) is 0 Å². The molecule has 0 spiro atoms. The van der Waals surface area contributed by atoms with Gasteiger partial charge in [0.2, 0.25) is 0 Å². The molecule has 0 amide bonds. The van der Waals surface area contributed by atoms with Gasteiger partial charge >= 0.3 is 0 Å². The third-order valence-corrected chi connectivity index (χ3v) is 5.04. The van der Waals surface area contributed by atoms with Crippen molar-refractivity contribution >= 4 is 0 Å². The molecule has 0 radical (unpaired) electrons. The number of hydrogen-bond acceptors (Lipinski definition) is 5. The topological polar surface area (TPSA) is 47.7 Å². The molecule has 0 saturated heterocycles. The zero-order valence-electron chi connectivity index (χ0n) is 17.9. The van der Waals surface area contributed by atoms with E-state index in [0.717, 1.165) is 22.5 Å². The number of aromatic nitrogens is 1. The summed E-state index contributed by atoms with van der Waals surface area (Å²) >= 11 is 0. The van der Waals surface area contributed by atoms with E-state index in [1.165, 1.54) is 12.1 Å². The van der Waals surface area contributed by atoms with Crippen LogP contribution in [0, 0.1) is 5.82 Å². The van der Waals surface area contributed by atoms with Gasteiger partial charge in [-0.15, -0.1) is 0 Å². The number of pyridine rings is 1. The summed E-state index contributed by atoms with van der Waals surface area (Å²) in [6, 6.07) is 20.1. The molecule has 5 nitrogen and oxygen atoms in total. The zero-order valence-corrected chi connectivity index (χ0v) is 17.9. The van der Waals surface area contributed by atoms with E-state index in [0.29, 0.717) is 31.1 Å². The van der Waals surface area contributed by atoms with Crippen molar-refractivity contribution in [2.75, 3.05) is 7.11 Å². The minimum absolute atomic E-state index is 0.242. The summed E-state index contributed by atoms with van der Waals surface area (Å²) in [6.45, 7) is 2.16. The highest BCUT2D eigenvalue weighted by Crippen LogP contribution is 2.33. The first-order chi connectivity index (χ1) is 15.7. The van der Waals surface area contributed by atoms with Gasteiger partial charge in [-0.25, -0.2) is 4.39 Å². The summed E-state index contributed by atoms with van der Waals surface area (Å²) < 4.78 is 30.8. The molecule has 0 bridgehead atoms. The van der Waals surface area contributed by atoms with E-state index in [9.17, 15) is 4.39 Å². The molecule has 2 aromatic carbocycles. The molecule has 0 fully saturated rings. The van der Waals surface area contributed by atoms with Crippen LogP contribution in [-0.2, 0) is 26.2 Å². The van der Waals surface area contributed by atoms with E-state index in [-0.39, 0.29) is 12.4 Å². The highest BCUT2D eigenvalue weighted by atomic mass is 19.1. The van der Waals surface area contributed by atoms with Crippen molar-refractivity contribution in [1.82, 2.24) is 9.88 Å². The number of halogens is 1. The Morgan fingerprint density at radius 3 is 2.56 bits per heavy atom. The van der Waals surface area contributed by atoms with Gasteiger partial charge in [-0.3, -0.25) is 9.88 Å². The first-order valence-electron chi connectivity index (χ1n) is 10.4. The van der Waals surface area contributed by atoms with Gasteiger partial charge in [0, 0.05) is 31.0 Å². The van der Waals surface area contributed by atoms with Gasteiger partial charge in [0.1, 0.15) is 18.2 Å². The van der Waals surface area contributed by atoms with Gasteiger partial charge in [-0.05, 0) is 47.5 Å². The van der Waals surface area contributed by atoms with Crippen LogP contribution in [0.5, 0.6) is 11.5 Å². The third-order valence-electron chi connectivity index (χ3n) is 5.04. The normalized spacial score (nSPS) is 11.0. The SMILES string of the molecule is COc1cccc(CN(Cc2cccnc2)Cc2ccco2)c1OCc1cccc(F)c1. The van der Waals surface area contributed by atoms with E-state index >= 15 is 0 Å². The number of ether oxygens (including phenoxy) is 2. The Morgan fingerprint density at radius 1 is 0.938 bits per heavy atom. The molecule has 0 aliphatic carbocycles. The Hall–Kier alpha value is -3.64. The molecule has 2 heterocycles. The number of hydrogen-bond donors (Lipinski definition) is 0. The standard InChI is InChI=1S/C26H25FN2O3/c1-30-25-11-3-8-22(26(25)32-19-20-6-2-9-23(27)14-20)17-29(18-24-10-5-13-31-24)16-21-7-4-12-28-15-21/h2-15H,16-19H2,1H3. The predicted molar refractivity (Wildman–Crippen MR) is 120 cm³/mol. The molecule has 0 unspecified atom stereocenters. The Labute approximate surface area is 187 Å². The summed E-state index contributed by atoms with van der Waals surface area (Å²) in [6.07, 6.45) is 5.31. The average Bonchev–Trinajstić information content (AvgIpc) is 3.32. The van der Waals surface area contributed by atoms with Crippen molar-refractivity contribution in [2.24, 2.45) is 0 Å². The Balaban J connectivity index is 1.57. The van der Waals surface area contributed by atoms with Crippen LogP contribution in [0.2, 0.25) is 0 Å². The Kier molecular flexibility index (Phi) is 7.15. The second kappa shape index (κ2) is 10.6. The van der Waals surface area contributed by atoms with Crippen molar-refractivity contribution in [3.63, 3.8) is 0 Å². The van der Waals surface area contributed by atoms with Crippen LogP contribution >= 0.6 is 0 Å². The van der Waals surface area contributed by atoms with Gasteiger partial charge in [-0.1, -0.05) is 30.3 Å². The minimum Gasteiger partial charge on any atom is -0.493 e. The van der Waals surface area contributed by atoms with E-state index in [4.69, 9.17) is 13.9 Å². The van der Waals surface area contributed by atoms with Crippen LogP contribution < -0.4 is 9.47 Å². The number of furan rings is 1. The highest BCUT2D eigenvalue weighted by Gasteiger charge is 2.16. The van der Waals surface area contributed by atoms with Gasteiger partial charge in [0.05, 0.1) is 19.9 Å². The maximum Gasteiger partial charge on any atom is 0.166 e. The fourth-order valence-corrected chi connectivity index (χ4v) is 3.57. The quantitative estimate of drug-likeness (QED) is 0.326. The van der Waals surface area contributed by atoms with Crippen molar-refractivity contribution in [3.8, 4) is 11.5 Å². The number of methoxy groups -OCH3 is 1. The van der Waals surface area contributed by atoms with Gasteiger partial charge in [0.15, 0.2) is 11.5 Å². The number of rotatable bonds is 10. The lowest BCUT2D eigenvalue weighted by Gasteiger charge is -2.23. The van der Waals surface area contributed by atoms with Gasteiger partial charge < -0.3 is 13.9 Å². The van der Waals surface area contributed by atoms with Crippen LogP contribution in [0.3, 0.4) is 0 Å². The summed E-state index contributed by atoms with van der Waals surface area (Å²) in [5, 5.41) is 0. The van der Waals surface area contributed by atoms with Crippen LogP contribution in [-0.4, -0.2) is 17.0 Å². The molecule has 0 atom stereocenters. The molecule has 164 valence electrons. The minimum atomic E-state index is -0.285. The fourth-order valence-electron chi connectivity index (χ4n) is 3.57. The Bertz CT molecular complexity index is 1120. The molecule has 4 aromatic rings. The van der Waals surface area contributed by atoms with E-state index in [2.05, 4.69) is 16.0 Å². The van der Waals surface area contributed by atoms with E-state index < -0.39 is 0 Å². The molecular weight excluding hydrogens is 407 g/mol. The van der Waals surface area contributed by atoms with Crippen LogP contribution in [0.4, 0.5) is 4.39 Å². The second-order valence-corrected chi connectivity index (χ2v) is 7.45. The maximum absolute atomic E-state index is 13.6. The lowest BCUT2D eigenvalue weighted by molar-refractivity contribution is 0.217. The average molecular weight is 432 g/mol. The first kappa shape index (κ1) is 21.6. The van der Waals surface area contributed by atoms with Crippen LogP contribution in [0.1, 0.15) is 22.5 Å².